The van der Waals surface area contributed by atoms with E-state index in [1.54, 1.807) is 13.0 Å². The van der Waals surface area contributed by atoms with Gasteiger partial charge < -0.3 is 4.74 Å². The van der Waals surface area contributed by atoms with Crippen molar-refractivity contribution >= 4 is 38.9 Å². The normalized spacial score (nSPS) is 11.0. The first kappa shape index (κ1) is 14.0. The van der Waals surface area contributed by atoms with Gasteiger partial charge in [-0.2, -0.15) is 0 Å². The molecule has 108 valence electrons. The Hall–Kier alpha value is -1.93. The summed E-state index contributed by atoms with van der Waals surface area (Å²) >= 11 is 4.84. The Balaban J connectivity index is 1.84. The number of carbonyl (C=O) groups is 1. The number of rotatable bonds is 3. The Morgan fingerprint density at radius 1 is 1.52 bits per heavy atom. The highest BCUT2D eigenvalue weighted by molar-refractivity contribution is 9.11. The van der Waals surface area contributed by atoms with Crippen molar-refractivity contribution in [1.29, 1.82) is 0 Å². The van der Waals surface area contributed by atoms with Crippen molar-refractivity contribution in [2.24, 2.45) is 0 Å². The number of aromatic nitrogens is 3. The Morgan fingerprint density at radius 3 is 3.05 bits per heavy atom. The first-order chi connectivity index (χ1) is 10.0. The van der Waals surface area contributed by atoms with E-state index in [1.807, 2.05) is 11.4 Å². The van der Waals surface area contributed by atoms with Gasteiger partial charge in [0, 0.05) is 23.5 Å². The minimum atomic E-state index is -0.684. The molecule has 1 N–H and O–H groups in total. The molecule has 0 radical (unpaired) electrons. The summed E-state index contributed by atoms with van der Waals surface area (Å²) in [6, 6.07) is 3.58. The quantitative estimate of drug-likeness (QED) is 0.721. The van der Waals surface area contributed by atoms with Gasteiger partial charge in [0.15, 0.2) is 5.65 Å². The Morgan fingerprint density at radius 2 is 2.33 bits per heavy atom. The van der Waals surface area contributed by atoms with Gasteiger partial charge in [-0.1, -0.05) is 0 Å². The average Bonchev–Trinajstić information content (AvgIpc) is 3.02. The Kier molecular flexibility index (Phi) is 3.64. The third kappa shape index (κ3) is 2.77. The van der Waals surface area contributed by atoms with E-state index in [-0.39, 0.29) is 12.2 Å². The molecule has 8 heteroatoms. The zero-order valence-corrected chi connectivity index (χ0v) is 13.3. The summed E-state index contributed by atoms with van der Waals surface area (Å²) in [5.74, 6) is -0.684. The van der Waals surface area contributed by atoms with Crippen molar-refractivity contribution in [2.75, 3.05) is 0 Å². The van der Waals surface area contributed by atoms with Crippen LogP contribution in [0, 0.1) is 6.92 Å². The van der Waals surface area contributed by atoms with E-state index in [0.717, 1.165) is 15.0 Å². The minimum absolute atomic E-state index is 0.0938. The van der Waals surface area contributed by atoms with E-state index >= 15 is 0 Å². The summed E-state index contributed by atoms with van der Waals surface area (Å²) in [7, 11) is 0. The number of carbonyl (C=O) groups excluding carboxylic acids is 1. The lowest BCUT2D eigenvalue weighted by molar-refractivity contribution is 0.0470. The fourth-order valence-corrected chi connectivity index (χ4v) is 3.06. The standard InChI is InChI=1S/C13H10BrN3O3S/c1-7-2-11-15-4-9(12(18)17(11)16-7)13(19)20-5-8-3-10(14)21-6-8/h2-4,6,16H,5H2,1H3. The minimum Gasteiger partial charge on any atom is -0.457 e. The molecule has 0 aliphatic rings. The molecule has 0 aliphatic heterocycles. The largest absolute Gasteiger partial charge is 0.457 e. The van der Waals surface area contributed by atoms with Crippen molar-refractivity contribution in [1.82, 2.24) is 14.6 Å². The van der Waals surface area contributed by atoms with Crippen LogP contribution < -0.4 is 5.56 Å². The summed E-state index contributed by atoms with van der Waals surface area (Å²) < 4.78 is 7.33. The maximum atomic E-state index is 12.2. The predicted molar refractivity (Wildman–Crippen MR) is 81.7 cm³/mol. The summed E-state index contributed by atoms with van der Waals surface area (Å²) in [6.45, 7) is 1.92. The molecular weight excluding hydrogens is 358 g/mol. The van der Waals surface area contributed by atoms with Crippen LogP contribution in [0.15, 0.2) is 32.3 Å². The SMILES string of the molecule is Cc1cc2ncc(C(=O)OCc3csc(Br)c3)c(=O)n2[nH]1. The van der Waals surface area contributed by atoms with E-state index in [4.69, 9.17) is 4.74 Å². The molecular formula is C13H10BrN3O3S. The summed E-state index contributed by atoms with van der Waals surface area (Å²) in [5, 5.41) is 4.70. The van der Waals surface area contributed by atoms with Crippen LogP contribution >= 0.6 is 27.3 Å². The van der Waals surface area contributed by atoms with E-state index in [2.05, 4.69) is 26.0 Å². The number of nitrogens with zero attached hydrogens (tertiary/aromatic N) is 2. The van der Waals surface area contributed by atoms with E-state index in [1.165, 1.54) is 22.0 Å². The molecule has 0 spiro atoms. The molecule has 3 aromatic heterocycles. The lowest BCUT2D eigenvalue weighted by atomic mass is 10.3. The molecule has 3 rings (SSSR count). The fourth-order valence-electron chi connectivity index (χ4n) is 1.87. The van der Waals surface area contributed by atoms with Gasteiger partial charge in [-0.05, 0) is 34.3 Å². The van der Waals surface area contributed by atoms with E-state index < -0.39 is 11.5 Å². The van der Waals surface area contributed by atoms with Crippen molar-refractivity contribution in [3.8, 4) is 0 Å². The zero-order valence-electron chi connectivity index (χ0n) is 10.9. The van der Waals surface area contributed by atoms with Crippen molar-refractivity contribution in [2.45, 2.75) is 13.5 Å². The third-order valence-corrected chi connectivity index (χ3v) is 4.39. The molecule has 0 bridgehead atoms. The van der Waals surface area contributed by atoms with Gasteiger partial charge in [0.25, 0.3) is 5.56 Å². The second-order valence-corrected chi connectivity index (χ2v) is 6.74. The molecule has 0 atom stereocenters. The zero-order chi connectivity index (χ0) is 15.0. The molecule has 21 heavy (non-hydrogen) atoms. The molecule has 0 aliphatic carbocycles. The maximum Gasteiger partial charge on any atom is 0.345 e. The number of fused-ring (bicyclic) bond motifs is 1. The van der Waals surface area contributed by atoms with Gasteiger partial charge in [-0.15, -0.1) is 11.3 Å². The molecule has 3 aromatic rings. The van der Waals surface area contributed by atoms with Crippen LogP contribution in [0.25, 0.3) is 5.65 Å². The van der Waals surface area contributed by atoms with Crippen LogP contribution in [0.3, 0.4) is 0 Å². The number of aryl methyl sites for hydroxylation is 1. The number of halogens is 1. The summed E-state index contributed by atoms with van der Waals surface area (Å²) in [4.78, 5) is 28.3. The van der Waals surface area contributed by atoms with Gasteiger partial charge in [-0.3, -0.25) is 9.89 Å². The number of hydrogen-bond acceptors (Lipinski definition) is 5. The second kappa shape index (κ2) is 5.45. The molecule has 0 fully saturated rings. The van der Waals surface area contributed by atoms with Gasteiger partial charge in [0.1, 0.15) is 12.2 Å². The van der Waals surface area contributed by atoms with Crippen LogP contribution in [-0.4, -0.2) is 20.6 Å². The van der Waals surface area contributed by atoms with Crippen molar-refractivity contribution in [3.05, 3.63) is 54.7 Å². The third-order valence-electron chi connectivity index (χ3n) is 2.83. The smallest absolute Gasteiger partial charge is 0.345 e. The van der Waals surface area contributed by atoms with Crippen LogP contribution in [-0.2, 0) is 11.3 Å². The molecule has 0 saturated carbocycles. The molecule has 6 nitrogen and oxygen atoms in total. The van der Waals surface area contributed by atoms with Crippen LogP contribution in [0.4, 0.5) is 0 Å². The monoisotopic (exact) mass is 367 g/mol. The number of thiophene rings is 1. The number of aromatic amines is 1. The second-order valence-electron chi connectivity index (χ2n) is 4.44. The van der Waals surface area contributed by atoms with Crippen molar-refractivity contribution in [3.63, 3.8) is 0 Å². The van der Waals surface area contributed by atoms with E-state index in [9.17, 15) is 9.59 Å². The number of nitrogens with one attached hydrogen (secondary N) is 1. The van der Waals surface area contributed by atoms with Gasteiger partial charge in [-0.25, -0.2) is 14.3 Å². The highest BCUT2D eigenvalue weighted by Crippen LogP contribution is 2.21. The number of H-pyrrole nitrogens is 1. The Labute approximate surface area is 131 Å². The Bertz CT molecular complexity index is 880. The predicted octanol–water partition coefficient (Wildman–Crippen LogP) is 2.51. The number of hydrogen-bond donors (Lipinski definition) is 1. The lowest BCUT2D eigenvalue weighted by Crippen LogP contribution is -2.24. The fraction of sp³-hybridized carbons (Fsp3) is 0.154. The highest BCUT2D eigenvalue weighted by Gasteiger charge is 2.16. The first-order valence-corrected chi connectivity index (χ1v) is 7.69. The summed E-state index contributed by atoms with van der Waals surface area (Å²) in [5.41, 5.74) is 1.56. The van der Waals surface area contributed by atoms with E-state index in [0.29, 0.717) is 5.65 Å². The number of ether oxygens (including phenoxy) is 1. The van der Waals surface area contributed by atoms with Crippen LogP contribution in [0.5, 0.6) is 0 Å². The van der Waals surface area contributed by atoms with Crippen LogP contribution in [0.1, 0.15) is 21.6 Å². The molecule has 0 saturated heterocycles. The maximum absolute atomic E-state index is 12.2. The molecule has 0 amide bonds. The van der Waals surface area contributed by atoms with Gasteiger partial charge >= 0.3 is 5.97 Å². The number of esters is 1. The van der Waals surface area contributed by atoms with Crippen molar-refractivity contribution < 1.29 is 9.53 Å². The molecule has 3 heterocycles. The average molecular weight is 368 g/mol. The highest BCUT2D eigenvalue weighted by atomic mass is 79.9. The first-order valence-electron chi connectivity index (χ1n) is 6.02. The van der Waals surface area contributed by atoms with Gasteiger partial charge in [0.2, 0.25) is 0 Å². The molecule has 0 aromatic carbocycles. The molecule has 0 unspecified atom stereocenters. The summed E-state index contributed by atoms with van der Waals surface area (Å²) in [6.07, 6.45) is 1.25. The van der Waals surface area contributed by atoms with Crippen LogP contribution in [0.2, 0.25) is 0 Å². The van der Waals surface area contributed by atoms with Gasteiger partial charge in [0.05, 0.1) is 3.79 Å². The topological polar surface area (TPSA) is 76.5 Å². The lowest BCUT2D eigenvalue weighted by Gasteiger charge is -2.03.